The molecule has 0 radical (unpaired) electrons. The van der Waals surface area contributed by atoms with E-state index in [9.17, 15) is 13.6 Å². The summed E-state index contributed by atoms with van der Waals surface area (Å²) in [6.45, 7) is 4.46. The van der Waals surface area contributed by atoms with Crippen molar-refractivity contribution in [2.45, 2.75) is 18.9 Å². The molecule has 1 fully saturated rings. The van der Waals surface area contributed by atoms with E-state index in [1.165, 1.54) is 12.1 Å². The second-order valence-electron chi connectivity index (χ2n) is 8.60. The van der Waals surface area contributed by atoms with Crippen LogP contribution in [0.15, 0.2) is 48.4 Å². The molecule has 2 aliphatic heterocycles. The van der Waals surface area contributed by atoms with Crippen LogP contribution in [0.2, 0.25) is 0 Å². The summed E-state index contributed by atoms with van der Waals surface area (Å²) in [5.41, 5.74) is 2.02. The second-order valence-corrected chi connectivity index (χ2v) is 8.60. The van der Waals surface area contributed by atoms with E-state index in [4.69, 9.17) is 9.47 Å². The smallest absolute Gasteiger partial charge is 0.233 e. The number of hydrogen-bond acceptors (Lipinski definition) is 5. The molecule has 0 aromatic heterocycles. The number of amides is 1. The van der Waals surface area contributed by atoms with Gasteiger partial charge in [-0.05, 0) is 25.1 Å². The quantitative estimate of drug-likeness (QED) is 0.682. The summed E-state index contributed by atoms with van der Waals surface area (Å²) < 4.78 is 39.6. The van der Waals surface area contributed by atoms with Gasteiger partial charge in [0, 0.05) is 57.1 Å². The Labute approximate surface area is 193 Å². The lowest BCUT2D eigenvalue weighted by molar-refractivity contribution is -0.129. The maximum Gasteiger partial charge on any atom is 0.233 e. The molecule has 2 aromatic carbocycles. The van der Waals surface area contributed by atoms with Crippen LogP contribution in [0.4, 0.5) is 14.5 Å². The molecule has 2 atom stereocenters. The molecule has 2 aliphatic rings. The standard InChI is InChI=1S/C25H29F2N3O3/c1-16(29(4)19-13-17(26)12-18(27)14-19)20-6-5-7-21-22(25(31)28(2)3)15-23(33-24(20)21)30-8-10-32-11-9-30/h5-7,12-16,22H,8-11H2,1-4H3. The van der Waals surface area contributed by atoms with Gasteiger partial charge in [0.1, 0.15) is 17.4 Å². The molecular weight excluding hydrogens is 428 g/mol. The van der Waals surface area contributed by atoms with Crippen LogP contribution in [0.1, 0.15) is 30.0 Å². The van der Waals surface area contributed by atoms with Gasteiger partial charge < -0.3 is 24.2 Å². The minimum Gasteiger partial charge on any atom is -0.441 e. The molecule has 6 nitrogen and oxygen atoms in total. The average molecular weight is 458 g/mol. The Morgan fingerprint density at radius 2 is 1.76 bits per heavy atom. The van der Waals surface area contributed by atoms with Gasteiger partial charge >= 0.3 is 0 Å². The lowest BCUT2D eigenvalue weighted by atomic mass is 9.90. The molecule has 176 valence electrons. The Hall–Kier alpha value is -3.13. The van der Waals surface area contributed by atoms with Gasteiger partial charge in [0.15, 0.2) is 5.88 Å². The van der Waals surface area contributed by atoms with Crippen molar-refractivity contribution < 1.29 is 23.0 Å². The summed E-state index contributed by atoms with van der Waals surface area (Å²) in [6.07, 6.45) is 1.87. The first-order valence-electron chi connectivity index (χ1n) is 11.0. The average Bonchev–Trinajstić information content (AvgIpc) is 2.81. The highest BCUT2D eigenvalue weighted by atomic mass is 19.1. The number of anilines is 1. The van der Waals surface area contributed by atoms with Gasteiger partial charge in [-0.25, -0.2) is 8.78 Å². The number of carbonyl (C=O) groups is 1. The molecule has 1 amide bonds. The summed E-state index contributed by atoms with van der Waals surface area (Å²) in [4.78, 5) is 18.5. The van der Waals surface area contributed by atoms with Crippen LogP contribution >= 0.6 is 0 Å². The van der Waals surface area contributed by atoms with Gasteiger partial charge in [0.2, 0.25) is 5.91 Å². The van der Waals surface area contributed by atoms with E-state index in [1.54, 1.807) is 30.9 Å². The lowest BCUT2D eigenvalue weighted by Crippen LogP contribution is -2.39. The number of nitrogens with zero attached hydrogens (tertiary/aromatic N) is 3. The van der Waals surface area contributed by atoms with Gasteiger partial charge in [0.25, 0.3) is 0 Å². The molecule has 2 aromatic rings. The van der Waals surface area contributed by atoms with Gasteiger partial charge in [-0.2, -0.15) is 0 Å². The Bertz CT molecular complexity index is 1050. The predicted octanol–water partition coefficient (Wildman–Crippen LogP) is 3.90. The summed E-state index contributed by atoms with van der Waals surface area (Å²) in [7, 11) is 5.25. The zero-order chi connectivity index (χ0) is 23.7. The highest BCUT2D eigenvalue weighted by Crippen LogP contribution is 2.42. The van der Waals surface area contributed by atoms with Crippen LogP contribution in [-0.2, 0) is 9.53 Å². The first kappa shape index (κ1) is 23.0. The first-order chi connectivity index (χ1) is 15.8. The van der Waals surface area contributed by atoms with Crippen molar-refractivity contribution in [1.82, 2.24) is 9.80 Å². The minimum atomic E-state index is -0.635. The summed E-state index contributed by atoms with van der Waals surface area (Å²) >= 11 is 0. The third-order valence-electron chi connectivity index (χ3n) is 6.24. The van der Waals surface area contributed by atoms with E-state index in [2.05, 4.69) is 4.90 Å². The summed E-state index contributed by atoms with van der Waals surface area (Å²) in [5, 5.41) is 0. The number of benzene rings is 2. The Morgan fingerprint density at radius 1 is 1.09 bits per heavy atom. The third kappa shape index (κ3) is 4.66. The van der Waals surface area contributed by atoms with Crippen LogP contribution in [0.5, 0.6) is 5.75 Å². The third-order valence-corrected chi connectivity index (χ3v) is 6.24. The van der Waals surface area contributed by atoms with Crippen molar-refractivity contribution in [1.29, 1.82) is 0 Å². The van der Waals surface area contributed by atoms with Crippen molar-refractivity contribution in [3.05, 3.63) is 71.1 Å². The molecular formula is C25H29F2N3O3. The van der Waals surface area contributed by atoms with Gasteiger partial charge in [-0.15, -0.1) is 0 Å². The molecule has 0 aliphatic carbocycles. The monoisotopic (exact) mass is 457 g/mol. The van der Waals surface area contributed by atoms with Gasteiger partial charge in [0.05, 0.1) is 25.2 Å². The van der Waals surface area contributed by atoms with E-state index < -0.39 is 17.6 Å². The van der Waals surface area contributed by atoms with Crippen LogP contribution < -0.4 is 9.64 Å². The van der Waals surface area contributed by atoms with Crippen molar-refractivity contribution in [2.24, 2.45) is 0 Å². The number of morpholine rings is 1. The van der Waals surface area contributed by atoms with Crippen LogP contribution in [-0.4, -0.2) is 63.2 Å². The number of rotatable bonds is 5. The lowest BCUT2D eigenvalue weighted by Gasteiger charge is -2.37. The topological polar surface area (TPSA) is 45.3 Å². The fourth-order valence-corrected chi connectivity index (χ4v) is 4.25. The van der Waals surface area contributed by atoms with Crippen LogP contribution in [0.25, 0.3) is 0 Å². The highest BCUT2D eigenvalue weighted by Gasteiger charge is 2.34. The molecule has 0 bridgehead atoms. The predicted molar refractivity (Wildman–Crippen MR) is 122 cm³/mol. The van der Waals surface area contributed by atoms with Crippen LogP contribution in [0, 0.1) is 11.6 Å². The van der Waals surface area contributed by atoms with E-state index in [0.717, 1.165) is 17.2 Å². The number of fused-ring (bicyclic) bond motifs is 1. The second kappa shape index (κ2) is 9.39. The molecule has 2 heterocycles. The first-order valence-corrected chi connectivity index (χ1v) is 11.0. The van der Waals surface area contributed by atoms with Crippen LogP contribution in [0.3, 0.4) is 0 Å². The Balaban J connectivity index is 1.74. The number of halogens is 2. The zero-order valence-electron chi connectivity index (χ0n) is 19.3. The number of ether oxygens (including phenoxy) is 2. The molecule has 0 spiro atoms. The van der Waals surface area contributed by atoms with Crippen molar-refractivity contribution >= 4 is 11.6 Å². The fourth-order valence-electron chi connectivity index (χ4n) is 4.25. The number of carbonyl (C=O) groups excluding carboxylic acids is 1. The van der Waals surface area contributed by atoms with Gasteiger partial charge in [-0.3, -0.25) is 4.79 Å². The number of hydrogen-bond donors (Lipinski definition) is 0. The van der Waals surface area contributed by atoms with Crippen molar-refractivity contribution in [2.75, 3.05) is 52.3 Å². The molecule has 1 saturated heterocycles. The summed E-state index contributed by atoms with van der Waals surface area (Å²) in [5.74, 6) is -0.571. The highest BCUT2D eigenvalue weighted by molar-refractivity contribution is 5.87. The minimum absolute atomic E-state index is 0.0457. The summed E-state index contributed by atoms with van der Waals surface area (Å²) in [6, 6.07) is 8.88. The van der Waals surface area contributed by atoms with E-state index in [-0.39, 0.29) is 11.9 Å². The zero-order valence-corrected chi connectivity index (χ0v) is 19.3. The van der Waals surface area contributed by atoms with Crippen molar-refractivity contribution in [3.8, 4) is 5.75 Å². The molecule has 2 unspecified atom stereocenters. The Kier molecular flexibility index (Phi) is 6.56. The van der Waals surface area contributed by atoms with E-state index in [0.29, 0.717) is 43.6 Å². The van der Waals surface area contributed by atoms with E-state index >= 15 is 0 Å². The molecule has 33 heavy (non-hydrogen) atoms. The fraction of sp³-hybridized carbons (Fsp3) is 0.400. The van der Waals surface area contributed by atoms with Crippen molar-refractivity contribution in [3.63, 3.8) is 0 Å². The maximum atomic E-state index is 13.8. The Morgan fingerprint density at radius 3 is 2.39 bits per heavy atom. The molecule has 0 N–H and O–H groups in total. The van der Waals surface area contributed by atoms with Gasteiger partial charge in [-0.1, -0.05) is 18.2 Å². The SMILES string of the molecule is CC(c1cccc2c1OC(N1CCOCC1)=CC2C(=O)N(C)C)N(C)c1cc(F)cc(F)c1. The molecule has 4 rings (SSSR count). The number of para-hydroxylation sites is 1. The molecule has 8 heteroatoms. The van der Waals surface area contributed by atoms with E-state index in [1.807, 2.05) is 31.2 Å². The number of likely N-dealkylation sites (N-methyl/N-ethyl adjacent to an activating group) is 1. The normalized spacial score (nSPS) is 18.7. The maximum absolute atomic E-state index is 13.8. The molecule has 0 saturated carbocycles. The largest absolute Gasteiger partial charge is 0.441 e.